The van der Waals surface area contributed by atoms with Gasteiger partial charge in [0, 0.05) is 0 Å². The molecule has 0 saturated heterocycles. The van der Waals surface area contributed by atoms with Gasteiger partial charge >= 0.3 is 0 Å². The van der Waals surface area contributed by atoms with Gasteiger partial charge in [-0.25, -0.2) is 0 Å². The van der Waals surface area contributed by atoms with Crippen LogP contribution < -0.4 is 0 Å². The maximum atomic E-state index is 9.96. The van der Waals surface area contributed by atoms with Gasteiger partial charge in [0.1, 0.15) is 0 Å². The third-order valence-electron chi connectivity index (χ3n) is 6.73. The van der Waals surface area contributed by atoms with Crippen molar-refractivity contribution in [1.29, 1.82) is 0 Å². The second kappa shape index (κ2) is 136. The topological polar surface area (TPSA) is 17.1 Å². The summed E-state index contributed by atoms with van der Waals surface area (Å²) in [5.41, 5.74) is 0. The molecule has 1 nitrogen and oxygen atoms in total. The van der Waals surface area contributed by atoms with Crippen LogP contribution in [0.2, 0.25) is 0 Å². The number of rotatable bonds is 1. The molecule has 0 amide bonds. The van der Waals surface area contributed by atoms with Crippen molar-refractivity contribution in [2.24, 2.45) is 0 Å². The average Bonchev–Trinajstić information content (AvgIpc) is 3.68. The molecule has 9 rings (SSSR count). The van der Waals surface area contributed by atoms with Crippen molar-refractivity contribution in [2.75, 3.05) is 0 Å². The smallest absolute Gasteiger partial charge is 0.152 e. The van der Waals surface area contributed by atoms with Gasteiger partial charge in [0.25, 0.3) is 0 Å². The fraction of sp³-hybridized carbons (Fsp3) is 0.337. The Balaban J connectivity index is -0.0000000664. The summed E-state index contributed by atoms with van der Waals surface area (Å²) in [6.07, 6.45) is 5.75. The number of hydrogen-bond acceptors (Lipinski definition) is 1. The van der Waals surface area contributed by atoms with Crippen LogP contribution in [-0.2, 0) is 4.79 Å². The van der Waals surface area contributed by atoms with Crippen molar-refractivity contribution >= 4 is 16.6 Å². The van der Waals surface area contributed by atoms with Gasteiger partial charge in [-0.1, -0.05) is 488 Å². The molecule has 0 atom stereocenters. The van der Waals surface area contributed by atoms with Crippen LogP contribution in [0.1, 0.15) is 193 Å². The van der Waals surface area contributed by atoms with E-state index >= 15 is 0 Å². The molecular formula is C83H134O. The lowest BCUT2D eigenvalue weighted by Gasteiger charge is -1.92. The largest absolute Gasteiger partial charge is 0.295 e. The minimum absolute atomic E-state index is 0.109. The SMILES string of the molecule is C/C=C/C(C)=O.CC.CC.CC.CC.CC.CC.CC.CC.CC.CC.CCC.CCC.c1ccc2ccccc2c1.c1ccccc1.c1ccccc1.c1ccccc1.c1ccccc1.c1ccccc1.c1ccccc1.c1ccccc1. The highest BCUT2D eigenvalue weighted by atomic mass is 16.1. The Morgan fingerprint density at radius 1 is 0.226 bits per heavy atom. The molecule has 0 unspecified atom stereocenters. The second-order valence-corrected chi connectivity index (χ2v) is 13.0. The van der Waals surface area contributed by atoms with Crippen molar-refractivity contribution in [2.45, 2.75) is 193 Å². The van der Waals surface area contributed by atoms with E-state index in [-0.39, 0.29) is 5.78 Å². The fourth-order valence-corrected chi connectivity index (χ4v) is 4.06. The summed E-state index contributed by atoms with van der Waals surface area (Å²) in [5, 5.41) is 2.62. The highest BCUT2D eigenvalue weighted by molar-refractivity contribution is 5.87. The third-order valence-corrected chi connectivity index (χ3v) is 6.73. The van der Waals surface area contributed by atoms with Crippen molar-refractivity contribution in [1.82, 2.24) is 0 Å². The first kappa shape index (κ1) is 105. The van der Waals surface area contributed by atoms with Crippen LogP contribution in [0.5, 0.6) is 0 Å². The molecule has 0 aromatic heterocycles. The monoisotopic (exact) mass is 1150 g/mol. The Hall–Kier alpha value is -7.35. The molecule has 0 radical (unpaired) electrons. The molecule has 0 saturated carbocycles. The van der Waals surface area contributed by atoms with E-state index in [1.165, 1.54) is 36.6 Å². The minimum atomic E-state index is 0.109. The van der Waals surface area contributed by atoms with Crippen molar-refractivity contribution < 1.29 is 4.79 Å². The second-order valence-electron chi connectivity index (χ2n) is 13.0. The summed E-state index contributed by atoms with van der Waals surface area (Å²) in [5.74, 6) is 0.109. The van der Waals surface area contributed by atoms with Gasteiger partial charge in [0.05, 0.1) is 0 Å². The van der Waals surface area contributed by atoms with Crippen LogP contribution in [-0.4, -0.2) is 5.78 Å². The maximum absolute atomic E-state index is 9.96. The Morgan fingerprint density at radius 3 is 0.357 bits per heavy atom. The normalized spacial score (nSPS) is 7.02. The lowest BCUT2D eigenvalue weighted by atomic mass is 10.1. The molecule has 0 spiro atoms. The summed E-state index contributed by atoms with van der Waals surface area (Å²) >= 11 is 0. The van der Waals surface area contributed by atoms with E-state index in [0.717, 1.165) is 0 Å². The van der Waals surface area contributed by atoms with E-state index in [9.17, 15) is 4.79 Å². The predicted molar refractivity (Wildman–Crippen MR) is 400 cm³/mol. The quantitative estimate of drug-likeness (QED) is 0.150. The first-order valence-corrected chi connectivity index (χ1v) is 32.1. The predicted octanol–water partition coefficient (Wildman–Crippen LogP) is 28.9. The number of ketones is 1. The molecule has 0 aliphatic rings. The van der Waals surface area contributed by atoms with Gasteiger partial charge in [-0.3, -0.25) is 4.79 Å². The van der Waals surface area contributed by atoms with Gasteiger partial charge in [-0.2, -0.15) is 0 Å². The van der Waals surface area contributed by atoms with E-state index in [1.807, 2.05) is 400 Å². The maximum Gasteiger partial charge on any atom is 0.152 e. The Morgan fingerprint density at radius 2 is 0.310 bits per heavy atom. The Labute approximate surface area is 526 Å². The van der Waals surface area contributed by atoms with E-state index in [1.54, 1.807) is 6.08 Å². The lowest BCUT2D eigenvalue weighted by molar-refractivity contribution is -0.112. The van der Waals surface area contributed by atoms with Gasteiger partial charge in [-0.05, 0) is 30.7 Å². The number of hydrogen-bond donors (Lipinski definition) is 0. The van der Waals surface area contributed by atoms with E-state index < -0.39 is 0 Å². The van der Waals surface area contributed by atoms with Crippen molar-refractivity contribution in [3.05, 3.63) is 315 Å². The van der Waals surface area contributed by atoms with Crippen LogP contribution in [0.15, 0.2) is 315 Å². The Bertz CT molecular complexity index is 1540. The minimum Gasteiger partial charge on any atom is -0.295 e. The zero-order valence-electron chi connectivity index (χ0n) is 59.3. The summed E-state index contributed by atoms with van der Waals surface area (Å²) in [4.78, 5) is 9.96. The molecule has 9 aromatic rings. The number of carbonyl (C=O) groups excluding carboxylic acids is 1. The number of benzene rings is 9. The molecule has 0 aliphatic carbocycles. The summed E-state index contributed by atoms with van der Waals surface area (Å²) in [6, 6.07) is 101. The zero-order valence-corrected chi connectivity index (χ0v) is 59.3. The molecule has 84 heavy (non-hydrogen) atoms. The number of carbonyl (C=O) groups is 1. The molecule has 0 heterocycles. The van der Waals surface area contributed by atoms with Crippen molar-refractivity contribution in [3.63, 3.8) is 0 Å². The Kier molecular flexibility index (Phi) is 170. The fourth-order valence-electron chi connectivity index (χ4n) is 4.06. The summed E-state index contributed by atoms with van der Waals surface area (Å²) < 4.78 is 0. The molecule has 0 N–H and O–H groups in total. The van der Waals surface area contributed by atoms with E-state index in [4.69, 9.17) is 0 Å². The molecule has 1 heteroatoms. The van der Waals surface area contributed by atoms with Crippen LogP contribution in [0.4, 0.5) is 0 Å². The van der Waals surface area contributed by atoms with Crippen LogP contribution >= 0.6 is 0 Å². The first-order valence-electron chi connectivity index (χ1n) is 32.1. The van der Waals surface area contributed by atoms with E-state index in [0.29, 0.717) is 0 Å². The highest BCUT2D eigenvalue weighted by Crippen LogP contribution is 2.11. The van der Waals surface area contributed by atoms with Crippen LogP contribution in [0.3, 0.4) is 0 Å². The summed E-state index contributed by atoms with van der Waals surface area (Å²) in [6.45, 7) is 51.8. The van der Waals surface area contributed by atoms with Gasteiger partial charge in [0.15, 0.2) is 5.78 Å². The van der Waals surface area contributed by atoms with Gasteiger partial charge < -0.3 is 0 Å². The number of fused-ring (bicyclic) bond motifs is 1. The lowest BCUT2D eigenvalue weighted by Crippen LogP contribution is -1.76. The summed E-state index contributed by atoms with van der Waals surface area (Å²) in [7, 11) is 0. The highest BCUT2D eigenvalue weighted by Gasteiger charge is 1.85. The molecule has 9 aromatic carbocycles. The van der Waals surface area contributed by atoms with Crippen molar-refractivity contribution in [3.8, 4) is 0 Å². The molecule has 0 bridgehead atoms. The third kappa shape index (κ3) is 131. The standard InChI is InChI=1S/C10H8.7C6H6.C5H8O.2C3H8.10C2H6/c1-2-6-10-8-4-3-7-9(10)5-1;7*1-2-4-6-5-3-1;1-3-4-5(2)6;2*1-3-2;10*1-2/h1-8H;7*1-6H;3-4H,1-2H3;2*3H2,1-2H3;10*1-2H3/b;;;;;;;;4-3+;;;;;;;;;;;;. The zero-order chi connectivity index (χ0) is 66.9. The number of allylic oxidation sites excluding steroid dienone is 2. The van der Waals surface area contributed by atoms with Crippen LogP contribution in [0, 0.1) is 0 Å². The molecular weight excluding hydrogens is 1010 g/mol. The average molecular weight is 1150 g/mol. The van der Waals surface area contributed by atoms with Gasteiger partial charge in [0.2, 0.25) is 0 Å². The van der Waals surface area contributed by atoms with Gasteiger partial charge in [-0.15, -0.1) is 0 Å². The molecule has 472 valence electrons. The molecule has 0 aliphatic heterocycles. The van der Waals surface area contributed by atoms with Crippen LogP contribution in [0.25, 0.3) is 10.8 Å². The first-order chi connectivity index (χ1) is 41.6. The van der Waals surface area contributed by atoms with E-state index in [2.05, 4.69) is 76.2 Å². The molecule has 0 fully saturated rings.